The highest BCUT2D eigenvalue weighted by atomic mass is 19.1. The van der Waals surface area contributed by atoms with E-state index >= 15 is 0 Å². The van der Waals surface area contributed by atoms with E-state index in [4.69, 9.17) is 0 Å². The molecular weight excluding hydrogens is 375 g/mol. The fourth-order valence-electron chi connectivity index (χ4n) is 3.63. The van der Waals surface area contributed by atoms with Crippen LogP contribution in [0.3, 0.4) is 0 Å². The molecule has 4 rings (SSSR count). The Hall–Kier alpha value is -3.42. The minimum atomic E-state index is -0.511. The number of carbonyl (C=O) groups excluding carboxylic acids is 1. The van der Waals surface area contributed by atoms with Gasteiger partial charge in [0.1, 0.15) is 5.82 Å². The van der Waals surface area contributed by atoms with E-state index in [-0.39, 0.29) is 24.7 Å². The molecule has 0 bridgehead atoms. The van der Waals surface area contributed by atoms with Gasteiger partial charge in [0, 0.05) is 44.8 Å². The Morgan fingerprint density at radius 1 is 0.966 bits per heavy atom. The van der Waals surface area contributed by atoms with Crippen molar-refractivity contribution in [2.75, 3.05) is 31.1 Å². The zero-order chi connectivity index (χ0) is 20.4. The summed E-state index contributed by atoms with van der Waals surface area (Å²) in [4.78, 5) is 43.9. The largest absolute Gasteiger partial charge is 0.368 e. The van der Waals surface area contributed by atoms with Crippen LogP contribution in [0.25, 0.3) is 10.9 Å². The molecule has 1 aliphatic rings. The molecule has 0 unspecified atom stereocenters. The second-order valence-electron chi connectivity index (χ2n) is 7.03. The number of piperazine rings is 1. The topological polar surface area (TPSA) is 78.4 Å². The highest BCUT2D eigenvalue weighted by Crippen LogP contribution is 2.17. The molecule has 0 spiro atoms. The number of carbonyl (C=O) groups is 1. The highest BCUT2D eigenvalue weighted by molar-refractivity contribution is 5.78. The Bertz CT molecular complexity index is 1150. The predicted octanol–water partition coefficient (Wildman–Crippen LogP) is 1.57. The summed E-state index contributed by atoms with van der Waals surface area (Å²) in [6, 6.07) is 13.1. The molecule has 0 aliphatic carbocycles. The van der Waals surface area contributed by atoms with E-state index in [1.165, 1.54) is 12.1 Å². The van der Waals surface area contributed by atoms with Gasteiger partial charge < -0.3 is 14.8 Å². The molecule has 2 heterocycles. The van der Waals surface area contributed by atoms with Gasteiger partial charge in [0.05, 0.1) is 10.9 Å². The van der Waals surface area contributed by atoms with Crippen molar-refractivity contribution in [1.29, 1.82) is 0 Å². The second kappa shape index (κ2) is 7.90. The molecule has 1 aromatic heterocycles. The fourth-order valence-corrected chi connectivity index (χ4v) is 3.63. The van der Waals surface area contributed by atoms with Crippen molar-refractivity contribution < 1.29 is 9.18 Å². The van der Waals surface area contributed by atoms with E-state index in [1.807, 2.05) is 0 Å². The first-order chi connectivity index (χ1) is 14.0. The monoisotopic (exact) mass is 396 g/mol. The lowest BCUT2D eigenvalue weighted by Gasteiger charge is -2.36. The van der Waals surface area contributed by atoms with Gasteiger partial charge in [-0.25, -0.2) is 9.18 Å². The number of anilines is 1. The molecule has 3 aromatic rings. The van der Waals surface area contributed by atoms with Crippen molar-refractivity contribution in [1.82, 2.24) is 14.5 Å². The Kier molecular flexibility index (Phi) is 5.16. The zero-order valence-electron chi connectivity index (χ0n) is 15.8. The standard InChI is InChI=1S/C21H21FN4O3/c22-15-5-7-16(8-6-15)24-11-13-25(14-12-24)19(27)9-10-26-20(28)17-3-1-2-4-18(17)23-21(26)29/h1-8H,9-14H2,(H,23,29). The molecule has 2 aromatic carbocycles. The van der Waals surface area contributed by atoms with E-state index in [0.717, 1.165) is 10.3 Å². The maximum Gasteiger partial charge on any atom is 0.328 e. The van der Waals surface area contributed by atoms with Crippen LogP contribution >= 0.6 is 0 Å². The summed E-state index contributed by atoms with van der Waals surface area (Å²) in [6.07, 6.45) is 0.0812. The van der Waals surface area contributed by atoms with E-state index in [0.29, 0.717) is 37.1 Å². The predicted molar refractivity (Wildman–Crippen MR) is 109 cm³/mol. The molecule has 8 heteroatoms. The lowest BCUT2D eigenvalue weighted by atomic mass is 10.2. The minimum absolute atomic E-state index is 0.0377. The van der Waals surface area contributed by atoms with E-state index < -0.39 is 11.2 Å². The molecule has 29 heavy (non-hydrogen) atoms. The number of nitrogens with one attached hydrogen (secondary N) is 1. The number of halogens is 1. The highest BCUT2D eigenvalue weighted by Gasteiger charge is 2.21. The van der Waals surface area contributed by atoms with Crippen LogP contribution in [-0.4, -0.2) is 46.5 Å². The maximum absolute atomic E-state index is 13.1. The number of nitrogens with zero attached hydrogens (tertiary/aromatic N) is 3. The normalized spacial score (nSPS) is 14.4. The van der Waals surface area contributed by atoms with Crippen molar-refractivity contribution in [2.24, 2.45) is 0 Å². The van der Waals surface area contributed by atoms with Gasteiger partial charge in [-0.3, -0.25) is 14.2 Å². The van der Waals surface area contributed by atoms with Crippen molar-refractivity contribution in [3.63, 3.8) is 0 Å². The van der Waals surface area contributed by atoms with Gasteiger partial charge in [-0.1, -0.05) is 12.1 Å². The van der Waals surface area contributed by atoms with Crippen LogP contribution in [0.4, 0.5) is 10.1 Å². The van der Waals surface area contributed by atoms with Gasteiger partial charge in [-0.15, -0.1) is 0 Å². The molecule has 0 saturated carbocycles. The number of H-pyrrole nitrogens is 1. The number of rotatable bonds is 4. The lowest BCUT2D eigenvalue weighted by Crippen LogP contribution is -2.49. The number of hydrogen-bond donors (Lipinski definition) is 1. The molecule has 0 atom stereocenters. The van der Waals surface area contributed by atoms with E-state index in [9.17, 15) is 18.8 Å². The van der Waals surface area contributed by atoms with Crippen molar-refractivity contribution in [3.05, 3.63) is 75.2 Å². The van der Waals surface area contributed by atoms with Gasteiger partial charge in [-0.05, 0) is 36.4 Å². The first kappa shape index (κ1) is 18.9. The number of para-hydroxylation sites is 1. The number of aromatic amines is 1. The molecule has 1 fully saturated rings. The molecule has 1 saturated heterocycles. The first-order valence-corrected chi connectivity index (χ1v) is 9.53. The number of benzene rings is 2. The smallest absolute Gasteiger partial charge is 0.328 e. The summed E-state index contributed by atoms with van der Waals surface area (Å²) in [5, 5.41) is 0.424. The van der Waals surface area contributed by atoms with Crippen LogP contribution in [-0.2, 0) is 11.3 Å². The first-order valence-electron chi connectivity index (χ1n) is 9.53. The van der Waals surface area contributed by atoms with Crippen LogP contribution in [0.1, 0.15) is 6.42 Å². The van der Waals surface area contributed by atoms with Crippen LogP contribution in [0.15, 0.2) is 58.1 Å². The number of aromatic nitrogens is 2. The number of amides is 1. The third-order valence-corrected chi connectivity index (χ3v) is 5.26. The summed E-state index contributed by atoms with van der Waals surface area (Å²) in [5.41, 5.74) is 0.510. The fraction of sp³-hybridized carbons (Fsp3) is 0.286. The van der Waals surface area contributed by atoms with Crippen LogP contribution < -0.4 is 16.1 Å². The van der Waals surface area contributed by atoms with Gasteiger partial charge in [0.2, 0.25) is 5.91 Å². The van der Waals surface area contributed by atoms with Gasteiger partial charge in [0.25, 0.3) is 5.56 Å². The van der Waals surface area contributed by atoms with Crippen LogP contribution in [0, 0.1) is 5.82 Å². The maximum atomic E-state index is 13.1. The Labute approximate surface area is 166 Å². The molecule has 1 N–H and O–H groups in total. The van der Waals surface area contributed by atoms with E-state index in [2.05, 4.69) is 9.88 Å². The quantitative estimate of drug-likeness (QED) is 0.726. The summed E-state index contributed by atoms with van der Waals surface area (Å²) in [5.74, 6) is -0.371. The molecule has 150 valence electrons. The Balaban J connectivity index is 1.39. The second-order valence-corrected chi connectivity index (χ2v) is 7.03. The average molecular weight is 396 g/mol. The summed E-state index contributed by atoms with van der Waals surface area (Å²) in [7, 11) is 0. The zero-order valence-corrected chi connectivity index (χ0v) is 15.8. The summed E-state index contributed by atoms with van der Waals surface area (Å²) >= 11 is 0. The van der Waals surface area contributed by atoms with Crippen LogP contribution in [0.2, 0.25) is 0 Å². The third kappa shape index (κ3) is 3.91. The SMILES string of the molecule is O=C(CCn1c(=O)[nH]c2ccccc2c1=O)N1CCN(c2ccc(F)cc2)CC1. The molecule has 0 radical (unpaired) electrons. The van der Waals surface area contributed by atoms with Gasteiger partial charge >= 0.3 is 5.69 Å². The summed E-state index contributed by atoms with van der Waals surface area (Å²) < 4.78 is 14.1. The molecular formula is C21H21FN4O3. The molecule has 7 nitrogen and oxygen atoms in total. The van der Waals surface area contributed by atoms with Gasteiger partial charge in [0.15, 0.2) is 0 Å². The number of fused-ring (bicyclic) bond motifs is 1. The van der Waals surface area contributed by atoms with Crippen molar-refractivity contribution in [3.8, 4) is 0 Å². The summed E-state index contributed by atoms with van der Waals surface area (Å²) in [6.45, 7) is 2.41. The van der Waals surface area contributed by atoms with Crippen molar-refractivity contribution in [2.45, 2.75) is 13.0 Å². The molecule has 1 aliphatic heterocycles. The average Bonchev–Trinajstić information content (AvgIpc) is 2.74. The Morgan fingerprint density at radius 3 is 2.38 bits per heavy atom. The Morgan fingerprint density at radius 2 is 1.66 bits per heavy atom. The van der Waals surface area contributed by atoms with Crippen LogP contribution in [0.5, 0.6) is 0 Å². The third-order valence-electron chi connectivity index (χ3n) is 5.26. The van der Waals surface area contributed by atoms with Crippen molar-refractivity contribution >= 4 is 22.5 Å². The van der Waals surface area contributed by atoms with E-state index in [1.54, 1.807) is 41.3 Å². The minimum Gasteiger partial charge on any atom is -0.368 e. The number of hydrogen-bond acceptors (Lipinski definition) is 4. The lowest BCUT2D eigenvalue weighted by molar-refractivity contribution is -0.131. The van der Waals surface area contributed by atoms with Gasteiger partial charge in [-0.2, -0.15) is 0 Å². The molecule has 1 amide bonds.